The van der Waals surface area contributed by atoms with Gasteiger partial charge in [0.1, 0.15) is 6.61 Å². The maximum absolute atomic E-state index is 12.5. The number of methoxy groups -OCH3 is 1. The molecule has 0 fully saturated rings. The molecule has 0 spiro atoms. The van der Waals surface area contributed by atoms with Crippen LogP contribution in [0.3, 0.4) is 0 Å². The van der Waals surface area contributed by atoms with E-state index in [1.807, 2.05) is 12.1 Å². The molecule has 1 unspecified atom stereocenters. The van der Waals surface area contributed by atoms with Crippen LogP contribution in [0.4, 0.5) is 0 Å². The van der Waals surface area contributed by atoms with E-state index in [0.717, 1.165) is 16.9 Å². The number of fused-ring (bicyclic) bond motifs is 1. The Kier molecular flexibility index (Phi) is 4.98. The molecule has 3 rings (SSSR count). The number of hydrogen-bond acceptors (Lipinski definition) is 6. The highest BCUT2D eigenvalue weighted by atomic mass is 32.2. The first-order chi connectivity index (χ1) is 11.9. The molecule has 2 aromatic rings. The zero-order valence-electron chi connectivity index (χ0n) is 13.7. The van der Waals surface area contributed by atoms with Crippen molar-refractivity contribution in [1.29, 1.82) is 0 Å². The number of para-hydroxylation sites is 1. The van der Waals surface area contributed by atoms with Gasteiger partial charge in [0.15, 0.2) is 11.5 Å². The van der Waals surface area contributed by atoms with Crippen molar-refractivity contribution in [3.8, 4) is 11.5 Å². The largest absolute Gasteiger partial charge is 0.493 e. The summed E-state index contributed by atoms with van der Waals surface area (Å²) < 4.78 is 38.7. The van der Waals surface area contributed by atoms with Crippen LogP contribution < -0.4 is 19.5 Å². The van der Waals surface area contributed by atoms with Gasteiger partial charge in [-0.2, -0.15) is 0 Å². The van der Waals surface area contributed by atoms with Gasteiger partial charge in [-0.25, -0.2) is 13.1 Å². The molecule has 0 aliphatic carbocycles. The third kappa shape index (κ3) is 3.63. The van der Waals surface area contributed by atoms with Crippen LogP contribution in [-0.2, 0) is 16.4 Å². The van der Waals surface area contributed by atoms with Crippen LogP contribution in [-0.4, -0.2) is 41.1 Å². The maximum Gasteiger partial charge on any atom is 0.261 e. The number of thiophene rings is 1. The Bertz CT molecular complexity index is 892. The quantitative estimate of drug-likeness (QED) is 0.815. The van der Waals surface area contributed by atoms with E-state index in [9.17, 15) is 13.2 Å². The lowest BCUT2D eigenvalue weighted by Gasteiger charge is -2.26. The van der Waals surface area contributed by atoms with Gasteiger partial charge < -0.3 is 14.8 Å². The number of carbonyl (C=O) groups is 1. The number of nitrogens with one attached hydrogen (secondary N) is 2. The van der Waals surface area contributed by atoms with E-state index in [4.69, 9.17) is 9.47 Å². The minimum Gasteiger partial charge on any atom is -0.493 e. The minimum atomic E-state index is -3.73. The van der Waals surface area contributed by atoms with Crippen molar-refractivity contribution in [2.24, 2.45) is 0 Å². The number of sulfonamides is 1. The third-order valence-corrected chi connectivity index (χ3v) is 6.41. The second-order valence-corrected chi connectivity index (χ2v) is 8.13. The fourth-order valence-corrected chi connectivity index (χ4v) is 5.06. The van der Waals surface area contributed by atoms with Crippen LogP contribution in [0.5, 0.6) is 11.5 Å². The number of benzene rings is 1. The Morgan fingerprint density at radius 2 is 2.20 bits per heavy atom. The van der Waals surface area contributed by atoms with Gasteiger partial charge in [0, 0.05) is 12.4 Å². The normalized spacial score (nSPS) is 16.6. The first-order valence-electron chi connectivity index (χ1n) is 7.56. The molecular formula is C16H18N2O5S2. The molecule has 1 aliphatic heterocycles. The van der Waals surface area contributed by atoms with E-state index in [0.29, 0.717) is 22.8 Å². The number of hydrogen-bond donors (Lipinski definition) is 2. The molecule has 1 amide bonds. The Labute approximate surface area is 150 Å². The van der Waals surface area contributed by atoms with Crippen molar-refractivity contribution in [3.05, 3.63) is 40.1 Å². The summed E-state index contributed by atoms with van der Waals surface area (Å²) in [6, 6.07) is 6.49. The van der Waals surface area contributed by atoms with Crippen LogP contribution in [0.25, 0.3) is 0 Å². The van der Waals surface area contributed by atoms with Crippen LogP contribution in [0.1, 0.15) is 15.2 Å². The molecule has 9 heteroatoms. The summed E-state index contributed by atoms with van der Waals surface area (Å²) in [5.41, 5.74) is 0.884. The van der Waals surface area contributed by atoms with E-state index in [-0.39, 0.29) is 17.4 Å². The summed E-state index contributed by atoms with van der Waals surface area (Å²) >= 11 is 1.09. The summed E-state index contributed by atoms with van der Waals surface area (Å²) in [5.74, 6) is 0.971. The number of amides is 1. The fourth-order valence-electron chi connectivity index (χ4n) is 2.62. The third-order valence-electron chi connectivity index (χ3n) is 3.83. The lowest BCUT2D eigenvalue weighted by Crippen LogP contribution is -2.42. The van der Waals surface area contributed by atoms with Gasteiger partial charge in [0.05, 0.1) is 22.9 Å². The van der Waals surface area contributed by atoms with Crippen molar-refractivity contribution in [2.75, 3.05) is 20.8 Å². The number of carbonyl (C=O) groups excluding carboxylic acids is 1. The molecule has 134 valence electrons. The molecule has 2 heterocycles. The van der Waals surface area contributed by atoms with E-state index in [1.165, 1.54) is 18.5 Å². The predicted molar refractivity (Wildman–Crippen MR) is 94.0 cm³/mol. The lowest BCUT2D eigenvalue weighted by molar-refractivity contribution is 0.0967. The smallest absolute Gasteiger partial charge is 0.261 e. The highest BCUT2D eigenvalue weighted by molar-refractivity contribution is 7.89. The molecule has 1 aromatic heterocycles. The number of rotatable bonds is 5. The van der Waals surface area contributed by atoms with Crippen molar-refractivity contribution in [3.63, 3.8) is 0 Å². The highest BCUT2D eigenvalue weighted by Gasteiger charge is 2.28. The van der Waals surface area contributed by atoms with E-state index in [2.05, 4.69) is 10.0 Å². The van der Waals surface area contributed by atoms with E-state index >= 15 is 0 Å². The van der Waals surface area contributed by atoms with Gasteiger partial charge in [-0.15, -0.1) is 11.3 Å². The topological polar surface area (TPSA) is 93.7 Å². The fraction of sp³-hybridized carbons (Fsp3) is 0.312. The molecule has 0 saturated heterocycles. The monoisotopic (exact) mass is 382 g/mol. The Morgan fingerprint density at radius 1 is 1.40 bits per heavy atom. The zero-order valence-corrected chi connectivity index (χ0v) is 15.4. The van der Waals surface area contributed by atoms with Crippen molar-refractivity contribution in [1.82, 2.24) is 10.0 Å². The van der Waals surface area contributed by atoms with Crippen LogP contribution >= 0.6 is 11.3 Å². The molecule has 2 N–H and O–H groups in total. The van der Waals surface area contributed by atoms with Crippen molar-refractivity contribution >= 4 is 27.3 Å². The Balaban J connectivity index is 1.76. The standard InChI is InChI=1S/C16H18N2O5S2/c1-17-16(19)14-7-12(9-24-14)25(20,21)18-11-6-10-4-3-5-13(22-2)15(10)23-8-11/h3-5,7,9,11,18H,6,8H2,1-2H3,(H,17,19). The van der Waals surface area contributed by atoms with Gasteiger partial charge in [0.2, 0.25) is 10.0 Å². The molecule has 1 atom stereocenters. The van der Waals surface area contributed by atoms with Crippen molar-refractivity contribution < 1.29 is 22.7 Å². The average molecular weight is 382 g/mol. The van der Waals surface area contributed by atoms with Crippen molar-refractivity contribution in [2.45, 2.75) is 17.4 Å². The molecule has 1 aliphatic rings. The average Bonchev–Trinajstić information content (AvgIpc) is 3.11. The molecule has 25 heavy (non-hydrogen) atoms. The lowest BCUT2D eigenvalue weighted by atomic mass is 10.0. The second-order valence-electron chi connectivity index (χ2n) is 5.51. The Morgan fingerprint density at radius 3 is 2.92 bits per heavy atom. The zero-order chi connectivity index (χ0) is 18.0. The molecule has 0 saturated carbocycles. The van der Waals surface area contributed by atoms with Crippen LogP contribution in [0, 0.1) is 0 Å². The predicted octanol–water partition coefficient (Wildman–Crippen LogP) is 1.40. The summed E-state index contributed by atoms with van der Waals surface area (Å²) in [7, 11) is -0.666. The Hall–Kier alpha value is -2.10. The van der Waals surface area contributed by atoms with Gasteiger partial charge in [-0.1, -0.05) is 12.1 Å². The van der Waals surface area contributed by atoms with Crippen LogP contribution in [0.2, 0.25) is 0 Å². The molecule has 0 radical (unpaired) electrons. The van der Waals surface area contributed by atoms with E-state index in [1.54, 1.807) is 13.2 Å². The summed E-state index contributed by atoms with van der Waals surface area (Å²) in [6.45, 7) is 0.207. The maximum atomic E-state index is 12.5. The van der Waals surface area contributed by atoms with E-state index < -0.39 is 16.1 Å². The minimum absolute atomic E-state index is 0.0764. The molecule has 0 bridgehead atoms. The van der Waals surface area contributed by atoms with Crippen LogP contribution in [0.15, 0.2) is 34.5 Å². The number of ether oxygens (including phenoxy) is 2. The summed E-state index contributed by atoms with van der Waals surface area (Å²) in [5, 5.41) is 3.93. The van der Waals surface area contributed by atoms with Gasteiger partial charge in [-0.05, 0) is 24.1 Å². The summed E-state index contributed by atoms with van der Waals surface area (Å²) in [6.07, 6.45) is 0.498. The van der Waals surface area contributed by atoms with Gasteiger partial charge in [-0.3, -0.25) is 4.79 Å². The second kappa shape index (κ2) is 7.03. The SMILES string of the molecule is CNC(=O)c1cc(S(=O)(=O)NC2COc3c(cccc3OC)C2)cs1. The molecular weight excluding hydrogens is 364 g/mol. The first-order valence-corrected chi connectivity index (χ1v) is 9.92. The molecule has 1 aromatic carbocycles. The molecule has 7 nitrogen and oxygen atoms in total. The van der Waals surface area contributed by atoms with Gasteiger partial charge >= 0.3 is 0 Å². The first kappa shape index (κ1) is 17.7. The highest BCUT2D eigenvalue weighted by Crippen LogP contribution is 2.34. The summed E-state index contributed by atoms with van der Waals surface area (Å²) in [4.78, 5) is 12.0. The van der Waals surface area contributed by atoms with Gasteiger partial charge in [0.25, 0.3) is 5.91 Å².